The maximum Gasteiger partial charge on any atom is 0.451 e. The standard InChI is InChI=1S/C13H23N3O6/c1-5-6-7-21-13(20)16(22-11(19)9(2)3)12(14)15(4)8-10(17)18/h9,14H,5-8H2,1-4H3,(H,17,18). The number of ether oxygens (including phenoxy) is 1. The van der Waals surface area contributed by atoms with E-state index in [1.165, 1.54) is 7.05 Å². The molecule has 0 aliphatic carbocycles. The van der Waals surface area contributed by atoms with Crippen molar-refractivity contribution >= 4 is 24.0 Å². The Kier molecular flexibility index (Phi) is 8.58. The highest BCUT2D eigenvalue weighted by molar-refractivity contribution is 5.93. The largest absolute Gasteiger partial charge is 0.480 e. The molecular formula is C13H23N3O6. The first-order chi connectivity index (χ1) is 10.2. The molecule has 0 bridgehead atoms. The van der Waals surface area contributed by atoms with Gasteiger partial charge in [-0.25, -0.2) is 9.59 Å². The quantitative estimate of drug-likeness (QED) is 0.328. The fourth-order valence-corrected chi connectivity index (χ4v) is 1.16. The van der Waals surface area contributed by atoms with Gasteiger partial charge in [-0.2, -0.15) is 0 Å². The molecule has 0 heterocycles. The van der Waals surface area contributed by atoms with Crippen molar-refractivity contribution < 1.29 is 29.1 Å². The van der Waals surface area contributed by atoms with Crippen molar-refractivity contribution in [3.63, 3.8) is 0 Å². The van der Waals surface area contributed by atoms with Gasteiger partial charge in [0.2, 0.25) is 5.96 Å². The summed E-state index contributed by atoms with van der Waals surface area (Å²) >= 11 is 0. The average molecular weight is 317 g/mol. The van der Waals surface area contributed by atoms with Crippen LogP contribution in [0, 0.1) is 11.3 Å². The van der Waals surface area contributed by atoms with Crippen molar-refractivity contribution in [3.8, 4) is 0 Å². The van der Waals surface area contributed by atoms with Crippen LogP contribution in [-0.4, -0.2) is 59.3 Å². The van der Waals surface area contributed by atoms with Crippen LogP contribution in [0.15, 0.2) is 0 Å². The number of carboxylic acids is 1. The van der Waals surface area contributed by atoms with Gasteiger partial charge in [-0.3, -0.25) is 10.2 Å². The number of amides is 1. The fourth-order valence-electron chi connectivity index (χ4n) is 1.16. The maximum absolute atomic E-state index is 11.9. The molecule has 0 aromatic rings. The van der Waals surface area contributed by atoms with Crippen LogP contribution < -0.4 is 0 Å². The predicted octanol–water partition coefficient (Wildman–Crippen LogP) is 1.29. The summed E-state index contributed by atoms with van der Waals surface area (Å²) < 4.78 is 4.90. The molecule has 0 saturated heterocycles. The summed E-state index contributed by atoms with van der Waals surface area (Å²) in [6.45, 7) is 4.62. The molecule has 126 valence electrons. The molecule has 0 spiro atoms. The minimum atomic E-state index is -1.19. The molecular weight excluding hydrogens is 294 g/mol. The van der Waals surface area contributed by atoms with Crippen LogP contribution in [-0.2, 0) is 19.2 Å². The summed E-state index contributed by atoms with van der Waals surface area (Å²) in [5.74, 6) is -3.05. The lowest BCUT2D eigenvalue weighted by Crippen LogP contribution is -2.48. The Hall–Kier alpha value is -2.32. The number of hydrogen-bond acceptors (Lipinski definition) is 6. The molecule has 1 amide bonds. The molecule has 0 aromatic carbocycles. The first kappa shape index (κ1) is 19.7. The number of carbonyl (C=O) groups is 3. The molecule has 0 aliphatic rings. The van der Waals surface area contributed by atoms with E-state index in [0.717, 1.165) is 11.3 Å². The minimum absolute atomic E-state index is 0.112. The van der Waals surface area contributed by atoms with Crippen LogP contribution in [0.5, 0.6) is 0 Å². The van der Waals surface area contributed by atoms with Crippen molar-refractivity contribution in [2.24, 2.45) is 5.92 Å². The number of nitrogens with zero attached hydrogens (tertiary/aromatic N) is 2. The zero-order valence-electron chi connectivity index (χ0n) is 13.3. The summed E-state index contributed by atoms with van der Waals surface area (Å²) in [7, 11) is 1.28. The molecule has 0 rings (SSSR count). The van der Waals surface area contributed by atoms with Crippen LogP contribution in [0.1, 0.15) is 33.6 Å². The lowest BCUT2D eigenvalue weighted by molar-refractivity contribution is -0.173. The first-order valence-electron chi connectivity index (χ1n) is 6.90. The SMILES string of the molecule is CCCCOC(=O)N(OC(=O)C(C)C)C(=N)N(C)CC(=O)O. The zero-order chi connectivity index (χ0) is 17.3. The number of unbranched alkanes of at least 4 members (excludes halogenated alkanes) is 1. The highest BCUT2D eigenvalue weighted by atomic mass is 16.8. The van der Waals surface area contributed by atoms with E-state index < -0.39 is 36.5 Å². The monoisotopic (exact) mass is 317 g/mol. The fraction of sp³-hybridized carbons (Fsp3) is 0.692. The molecule has 0 aromatic heterocycles. The number of hydroxylamine groups is 2. The second-order valence-corrected chi connectivity index (χ2v) is 4.90. The Morgan fingerprint density at radius 1 is 1.27 bits per heavy atom. The van der Waals surface area contributed by atoms with Crippen LogP contribution in [0.25, 0.3) is 0 Å². The van der Waals surface area contributed by atoms with Crippen LogP contribution in [0.2, 0.25) is 0 Å². The molecule has 9 heteroatoms. The smallest absolute Gasteiger partial charge is 0.451 e. The number of guanidine groups is 1. The summed E-state index contributed by atoms with van der Waals surface area (Å²) in [6, 6.07) is 0. The van der Waals surface area contributed by atoms with E-state index in [4.69, 9.17) is 20.1 Å². The predicted molar refractivity (Wildman–Crippen MR) is 77.0 cm³/mol. The summed E-state index contributed by atoms with van der Waals surface area (Å²) in [4.78, 5) is 40.0. The molecule has 0 saturated carbocycles. The number of likely N-dealkylation sites (N-methyl/N-ethyl adjacent to an activating group) is 1. The van der Waals surface area contributed by atoms with Crippen molar-refractivity contribution in [1.29, 1.82) is 5.41 Å². The normalized spacial score (nSPS) is 10.0. The highest BCUT2D eigenvalue weighted by Gasteiger charge is 2.29. The lowest BCUT2D eigenvalue weighted by atomic mass is 10.2. The van der Waals surface area contributed by atoms with E-state index in [1.807, 2.05) is 6.92 Å². The molecule has 9 nitrogen and oxygen atoms in total. The van der Waals surface area contributed by atoms with E-state index in [0.29, 0.717) is 11.5 Å². The summed E-state index contributed by atoms with van der Waals surface area (Å²) in [5.41, 5.74) is 0. The van der Waals surface area contributed by atoms with Crippen LogP contribution in [0.3, 0.4) is 0 Å². The van der Waals surface area contributed by atoms with E-state index in [9.17, 15) is 14.4 Å². The van der Waals surface area contributed by atoms with Crippen molar-refractivity contribution in [2.75, 3.05) is 20.2 Å². The van der Waals surface area contributed by atoms with Gasteiger partial charge in [0, 0.05) is 7.05 Å². The molecule has 0 aliphatic heterocycles. The Labute approximate surface area is 129 Å². The van der Waals surface area contributed by atoms with Gasteiger partial charge < -0.3 is 19.6 Å². The van der Waals surface area contributed by atoms with E-state index in [1.54, 1.807) is 13.8 Å². The third kappa shape index (κ3) is 6.91. The number of carbonyl (C=O) groups excluding carboxylic acids is 2. The zero-order valence-corrected chi connectivity index (χ0v) is 13.3. The van der Waals surface area contributed by atoms with Gasteiger partial charge >= 0.3 is 18.0 Å². The number of hydrogen-bond donors (Lipinski definition) is 2. The van der Waals surface area contributed by atoms with Gasteiger partial charge in [-0.1, -0.05) is 32.3 Å². The summed E-state index contributed by atoms with van der Waals surface area (Å²) in [6.07, 6.45) is 0.385. The highest BCUT2D eigenvalue weighted by Crippen LogP contribution is 2.06. The molecule has 2 N–H and O–H groups in total. The summed E-state index contributed by atoms with van der Waals surface area (Å²) in [5, 5.41) is 16.9. The topological polar surface area (TPSA) is 120 Å². The van der Waals surface area contributed by atoms with Gasteiger partial charge in [-0.05, 0) is 6.42 Å². The van der Waals surface area contributed by atoms with Gasteiger partial charge in [0.15, 0.2) is 0 Å². The van der Waals surface area contributed by atoms with Crippen molar-refractivity contribution in [1.82, 2.24) is 9.96 Å². The van der Waals surface area contributed by atoms with Crippen molar-refractivity contribution in [2.45, 2.75) is 33.6 Å². The third-order valence-corrected chi connectivity index (χ3v) is 2.47. The van der Waals surface area contributed by atoms with E-state index in [-0.39, 0.29) is 6.61 Å². The maximum atomic E-state index is 11.9. The number of aliphatic carboxylic acids is 1. The number of carboxylic acid groups (broad SMARTS) is 1. The van der Waals surface area contributed by atoms with E-state index >= 15 is 0 Å². The Balaban J connectivity index is 4.98. The Morgan fingerprint density at radius 2 is 1.86 bits per heavy atom. The number of rotatable bonds is 6. The Morgan fingerprint density at radius 3 is 2.32 bits per heavy atom. The van der Waals surface area contributed by atoms with E-state index in [2.05, 4.69) is 0 Å². The minimum Gasteiger partial charge on any atom is -0.480 e. The van der Waals surface area contributed by atoms with Crippen molar-refractivity contribution in [3.05, 3.63) is 0 Å². The molecule has 0 atom stereocenters. The Bertz CT molecular complexity index is 424. The second-order valence-electron chi connectivity index (χ2n) is 4.90. The van der Waals surface area contributed by atoms with Gasteiger partial charge in [-0.15, -0.1) is 0 Å². The third-order valence-electron chi connectivity index (χ3n) is 2.47. The van der Waals surface area contributed by atoms with Crippen LogP contribution in [0.4, 0.5) is 4.79 Å². The lowest BCUT2D eigenvalue weighted by Gasteiger charge is -2.26. The molecule has 0 fully saturated rings. The van der Waals surface area contributed by atoms with Gasteiger partial charge in [0.05, 0.1) is 12.5 Å². The number of nitrogens with one attached hydrogen (secondary N) is 1. The molecule has 0 radical (unpaired) electrons. The molecule has 0 unspecified atom stereocenters. The molecule has 22 heavy (non-hydrogen) atoms. The second kappa shape index (κ2) is 9.59. The van der Waals surface area contributed by atoms with Crippen LogP contribution >= 0.6 is 0 Å². The average Bonchev–Trinajstić information content (AvgIpc) is 2.42. The first-order valence-corrected chi connectivity index (χ1v) is 6.90. The van der Waals surface area contributed by atoms with Gasteiger partial charge in [0.1, 0.15) is 6.54 Å². The van der Waals surface area contributed by atoms with Gasteiger partial charge in [0.25, 0.3) is 0 Å².